The van der Waals surface area contributed by atoms with Crippen molar-refractivity contribution in [2.45, 2.75) is 84.7 Å². The van der Waals surface area contributed by atoms with Crippen LogP contribution in [0.2, 0.25) is 0 Å². The number of carbonyl (C=O) groups excluding carboxylic acids is 7. The van der Waals surface area contributed by atoms with Gasteiger partial charge in [0.15, 0.2) is 6.61 Å². The zero-order chi connectivity index (χ0) is 50.9. The van der Waals surface area contributed by atoms with Crippen LogP contribution in [0.4, 0.5) is 27.9 Å². The van der Waals surface area contributed by atoms with E-state index in [0.29, 0.717) is 70.4 Å². The Morgan fingerprint density at radius 2 is 1.53 bits per heavy atom. The number of aromatic nitrogens is 3. The fraction of sp³-hybridized carbons (Fsp3) is 0.462. The Morgan fingerprint density at radius 1 is 0.833 bits per heavy atom. The van der Waals surface area contributed by atoms with Crippen molar-refractivity contribution in [2.24, 2.45) is 16.6 Å². The van der Waals surface area contributed by atoms with Crippen LogP contribution >= 0.6 is 0 Å². The van der Waals surface area contributed by atoms with Crippen molar-refractivity contribution in [1.82, 2.24) is 39.9 Å². The molecule has 0 bridgehead atoms. The number of benzene rings is 2. The molecule has 1 unspecified atom stereocenters. The standard InChI is InChI=1S/C52H62N12O8/c1-32-28-33(56-45(67)37(53)29-51(2,3)4)8-10-35(32)38-14-19-54-49(58-38)57-34-9-12-41(55-30-34)60-24-26-63(27-25-60)50(71)62-22-17-52(18-23-62)15-20-61(21-16-52)43(66)31-72-40-7-5-6-36-44(40)48(70)64(47(36)69)39-11-13-42(65)59-46(39)68/h5-10,12,14,19,28,30,37,39H,11,13,15-18,20-27,29,31,53H2,1-4H3,(H,56,67)(H,54,57,58)(H,59,65,68)/t37-,39?/m1/s1. The van der Waals surface area contributed by atoms with E-state index < -0.39 is 35.7 Å². The van der Waals surface area contributed by atoms with E-state index in [1.165, 1.54) is 12.1 Å². The number of hydrogen-bond acceptors (Lipinski definition) is 14. The lowest BCUT2D eigenvalue weighted by Gasteiger charge is -2.48. The number of piperazine rings is 1. The van der Waals surface area contributed by atoms with Crippen molar-refractivity contribution < 1.29 is 38.3 Å². The number of imide groups is 2. The number of hydrogen-bond donors (Lipinski definition) is 4. The minimum Gasteiger partial charge on any atom is -0.483 e. The zero-order valence-corrected chi connectivity index (χ0v) is 41.2. The number of anilines is 4. The minimum absolute atomic E-state index is 0.00560. The molecule has 2 aromatic carbocycles. The maximum absolute atomic E-state index is 13.7. The largest absolute Gasteiger partial charge is 0.483 e. The number of nitrogens with two attached hydrogens (primary N) is 1. The minimum atomic E-state index is -1.10. The first-order chi connectivity index (χ1) is 34.4. The van der Waals surface area contributed by atoms with Crippen molar-refractivity contribution in [3.05, 3.63) is 83.7 Å². The van der Waals surface area contributed by atoms with E-state index in [2.05, 4.69) is 46.6 Å². The average molecular weight is 983 g/mol. The highest BCUT2D eigenvalue weighted by atomic mass is 16.5. The number of amides is 8. The van der Waals surface area contributed by atoms with Gasteiger partial charge in [-0.05, 0) is 104 Å². The van der Waals surface area contributed by atoms with Gasteiger partial charge in [0.1, 0.15) is 17.6 Å². The SMILES string of the molecule is Cc1cc(NC(=O)[C@H](N)CC(C)(C)C)ccc1-c1ccnc(Nc2ccc(N3CCN(C(=O)N4CCC5(CCN(C(=O)COc6cccc7c6C(=O)N(C6CCC(=O)NC6=O)C7=O)CC5)CC4)CC3)nc2)n1. The fourth-order valence-corrected chi connectivity index (χ4v) is 10.4. The summed E-state index contributed by atoms with van der Waals surface area (Å²) in [6.45, 7) is 12.7. The molecular formula is C52H62N12O8. The Bertz CT molecular complexity index is 2770. The number of aryl methyl sites for hydroxylation is 1. The Morgan fingerprint density at radius 3 is 2.19 bits per heavy atom. The number of piperidine rings is 3. The summed E-state index contributed by atoms with van der Waals surface area (Å²) in [7, 11) is 0. The molecule has 2 aromatic heterocycles. The Balaban J connectivity index is 0.701. The van der Waals surface area contributed by atoms with Crippen molar-refractivity contribution in [3.8, 4) is 17.0 Å². The van der Waals surface area contributed by atoms with E-state index >= 15 is 0 Å². The molecule has 1 spiro atoms. The highest BCUT2D eigenvalue weighted by Crippen LogP contribution is 2.42. The molecule has 9 rings (SSSR count). The molecule has 4 fully saturated rings. The van der Waals surface area contributed by atoms with Gasteiger partial charge in [-0.3, -0.25) is 39.0 Å². The lowest BCUT2D eigenvalue weighted by molar-refractivity contribution is -0.137. The number of nitrogens with one attached hydrogen (secondary N) is 3. The molecule has 5 N–H and O–H groups in total. The third-order valence-electron chi connectivity index (χ3n) is 14.5. The van der Waals surface area contributed by atoms with Gasteiger partial charge in [0, 0.05) is 76.2 Å². The van der Waals surface area contributed by atoms with Crippen molar-refractivity contribution in [1.29, 1.82) is 0 Å². The van der Waals surface area contributed by atoms with Crippen LogP contribution in [0.1, 0.15) is 92.0 Å². The number of pyridine rings is 1. The third kappa shape index (κ3) is 10.7. The lowest BCUT2D eigenvalue weighted by Crippen LogP contribution is -2.56. The molecule has 0 radical (unpaired) electrons. The molecule has 4 aromatic rings. The van der Waals surface area contributed by atoms with E-state index in [9.17, 15) is 33.6 Å². The van der Waals surface area contributed by atoms with Crippen LogP contribution in [0.15, 0.2) is 67.0 Å². The zero-order valence-electron chi connectivity index (χ0n) is 41.2. The van der Waals surface area contributed by atoms with E-state index in [0.717, 1.165) is 58.9 Å². The number of ether oxygens (including phenoxy) is 1. The van der Waals surface area contributed by atoms with Gasteiger partial charge in [-0.2, -0.15) is 0 Å². The number of likely N-dealkylation sites (tertiary alicyclic amines) is 2. The summed E-state index contributed by atoms with van der Waals surface area (Å²) in [4.78, 5) is 113. The predicted molar refractivity (Wildman–Crippen MR) is 267 cm³/mol. The molecule has 0 saturated carbocycles. The lowest BCUT2D eigenvalue weighted by atomic mass is 9.71. The van der Waals surface area contributed by atoms with Gasteiger partial charge >= 0.3 is 6.03 Å². The summed E-state index contributed by atoms with van der Waals surface area (Å²) in [6, 6.07) is 14.3. The van der Waals surface area contributed by atoms with Crippen LogP contribution in [0.5, 0.6) is 5.75 Å². The predicted octanol–water partition coefficient (Wildman–Crippen LogP) is 4.72. The van der Waals surface area contributed by atoms with Crippen LogP contribution in [-0.4, -0.2) is 147 Å². The monoisotopic (exact) mass is 982 g/mol. The second-order valence-corrected chi connectivity index (χ2v) is 20.7. The van der Waals surface area contributed by atoms with Gasteiger partial charge in [0.2, 0.25) is 23.7 Å². The molecule has 20 nitrogen and oxygen atoms in total. The molecule has 0 aliphatic carbocycles. The first-order valence-electron chi connectivity index (χ1n) is 24.7. The second kappa shape index (κ2) is 20.3. The van der Waals surface area contributed by atoms with Crippen LogP contribution in [-0.2, 0) is 19.2 Å². The molecule has 2 atom stereocenters. The summed E-state index contributed by atoms with van der Waals surface area (Å²) >= 11 is 0. The third-order valence-corrected chi connectivity index (χ3v) is 14.5. The fourth-order valence-electron chi connectivity index (χ4n) is 10.4. The first-order valence-corrected chi connectivity index (χ1v) is 24.7. The van der Waals surface area contributed by atoms with E-state index in [-0.39, 0.29) is 65.0 Å². The van der Waals surface area contributed by atoms with Crippen LogP contribution in [0, 0.1) is 17.8 Å². The Kier molecular flexibility index (Phi) is 14.0. The van der Waals surface area contributed by atoms with E-state index in [4.69, 9.17) is 20.4 Å². The molecule has 5 aliphatic rings. The molecule has 5 aliphatic heterocycles. The molecular weight excluding hydrogens is 921 g/mol. The summed E-state index contributed by atoms with van der Waals surface area (Å²) in [5, 5.41) is 8.39. The van der Waals surface area contributed by atoms with Crippen molar-refractivity contribution >= 4 is 64.6 Å². The number of rotatable bonds is 11. The van der Waals surface area contributed by atoms with Crippen molar-refractivity contribution in [3.63, 3.8) is 0 Å². The second-order valence-electron chi connectivity index (χ2n) is 20.7. The molecule has 4 saturated heterocycles. The van der Waals surface area contributed by atoms with Gasteiger partial charge in [-0.1, -0.05) is 32.9 Å². The number of fused-ring (bicyclic) bond motifs is 1. The summed E-state index contributed by atoms with van der Waals surface area (Å²) < 4.78 is 5.87. The molecule has 72 heavy (non-hydrogen) atoms. The van der Waals surface area contributed by atoms with Crippen LogP contribution in [0.3, 0.4) is 0 Å². The smallest absolute Gasteiger partial charge is 0.320 e. The van der Waals surface area contributed by atoms with Gasteiger partial charge < -0.3 is 40.7 Å². The van der Waals surface area contributed by atoms with Crippen molar-refractivity contribution in [2.75, 3.05) is 74.5 Å². The molecule has 8 amide bonds. The number of carbonyl (C=O) groups is 7. The molecule has 378 valence electrons. The van der Waals surface area contributed by atoms with Crippen LogP contribution in [0.25, 0.3) is 11.3 Å². The Labute approximate surface area is 418 Å². The normalized spacial score (nSPS) is 19.5. The maximum Gasteiger partial charge on any atom is 0.320 e. The summed E-state index contributed by atoms with van der Waals surface area (Å²) in [5.41, 5.74) is 10.2. The van der Waals surface area contributed by atoms with Gasteiger partial charge in [0.25, 0.3) is 17.7 Å². The van der Waals surface area contributed by atoms with Gasteiger partial charge in [-0.15, -0.1) is 0 Å². The highest BCUT2D eigenvalue weighted by Gasteiger charge is 2.46. The van der Waals surface area contributed by atoms with E-state index in [1.54, 1.807) is 23.4 Å². The summed E-state index contributed by atoms with van der Waals surface area (Å²) in [6.07, 6.45) is 7.39. The molecule has 20 heteroatoms. The molecule has 7 heterocycles. The average Bonchev–Trinajstić information content (AvgIpc) is 3.61. The van der Waals surface area contributed by atoms with Crippen LogP contribution < -0.4 is 31.3 Å². The highest BCUT2D eigenvalue weighted by molar-refractivity contribution is 6.24. The van der Waals surface area contributed by atoms with Gasteiger partial charge in [-0.25, -0.2) is 19.7 Å². The van der Waals surface area contributed by atoms with Gasteiger partial charge in [0.05, 0.1) is 34.7 Å². The topological polar surface area (TPSA) is 246 Å². The first kappa shape index (κ1) is 49.5. The maximum atomic E-state index is 13.7. The quantitative estimate of drug-likeness (QED) is 0.149. The number of urea groups is 1. The number of nitrogens with zero attached hydrogens (tertiary/aromatic N) is 8. The van der Waals surface area contributed by atoms with E-state index in [1.807, 2.05) is 53.1 Å². The summed E-state index contributed by atoms with van der Waals surface area (Å²) in [5.74, 6) is -1.61. The Hall–Kier alpha value is -7.48.